The maximum atomic E-state index is 13.0. The summed E-state index contributed by atoms with van der Waals surface area (Å²) in [6, 6.07) is 12.6. The van der Waals surface area contributed by atoms with Crippen molar-refractivity contribution in [3.8, 4) is 0 Å². The lowest BCUT2D eigenvalue weighted by Gasteiger charge is -2.24. The standard InChI is InChI=1S/C16H19FN2/c1-3-19(15-7-5-14(17)6-8-15)11-13-10-12(2)4-9-16(13)18/h4-10H,3,11,18H2,1-2H3. The Hall–Kier alpha value is -2.03. The van der Waals surface area contributed by atoms with Gasteiger partial charge >= 0.3 is 0 Å². The average Bonchev–Trinajstić information content (AvgIpc) is 2.41. The molecule has 2 nitrogen and oxygen atoms in total. The smallest absolute Gasteiger partial charge is 0.123 e. The van der Waals surface area contributed by atoms with Crippen molar-refractivity contribution in [3.05, 3.63) is 59.4 Å². The molecule has 0 saturated heterocycles. The van der Waals surface area contributed by atoms with Crippen LogP contribution in [0.2, 0.25) is 0 Å². The molecule has 100 valence electrons. The summed E-state index contributed by atoms with van der Waals surface area (Å²) in [6.45, 7) is 5.71. The summed E-state index contributed by atoms with van der Waals surface area (Å²) in [5, 5.41) is 0. The highest BCUT2D eigenvalue weighted by molar-refractivity contribution is 5.53. The second-order valence-corrected chi connectivity index (χ2v) is 4.69. The molecule has 0 aliphatic carbocycles. The van der Waals surface area contributed by atoms with Gasteiger partial charge in [-0.1, -0.05) is 17.7 Å². The molecule has 0 atom stereocenters. The van der Waals surface area contributed by atoms with Crippen molar-refractivity contribution < 1.29 is 4.39 Å². The van der Waals surface area contributed by atoms with Crippen molar-refractivity contribution in [2.45, 2.75) is 20.4 Å². The SMILES string of the molecule is CCN(Cc1cc(C)ccc1N)c1ccc(F)cc1. The molecular weight excluding hydrogens is 239 g/mol. The van der Waals surface area contributed by atoms with Crippen molar-refractivity contribution in [2.24, 2.45) is 0 Å². The summed E-state index contributed by atoms with van der Waals surface area (Å²) in [6.07, 6.45) is 0. The number of aryl methyl sites for hydroxylation is 1. The minimum Gasteiger partial charge on any atom is -0.398 e. The number of nitrogens with two attached hydrogens (primary N) is 1. The molecule has 0 saturated carbocycles. The zero-order valence-corrected chi connectivity index (χ0v) is 11.4. The molecule has 0 heterocycles. The van der Waals surface area contributed by atoms with Gasteiger partial charge in [0.25, 0.3) is 0 Å². The fraction of sp³-hybridized carbons (Fsp3) is 0.250. The second kappa shape index (κ2) is 5.74. The molecule has 3 heteroatoms. The van der Waals surface area contributed by atoms with Crippen LogP contribution in [0.3, 0.4) is 0 Å². The lowest BCUT2D eigenvalue weighted by molar-refractivity contribution is 0.627. The Morgan fingerprint density at radius 3 is 2.42 bits per heavy atom. The van der Waals surface area contributed by atoms with Gasteiger partial charge in [0.1, 0.15) is 5.82 Å². The summed E-state index contributed by atoms with van der Waals surface area (Å²) < 4.78 is 13.0. The van der Waals surface area contributed by atoms with Gasteiger partial charge in [0.15, 0.2) is 0 Å². The Morgan fingerprint density at radius 2 is 1.79 bits per heavy atom. The molecule has 0 aromatic heterocycles. The summed E-state index contributed by atoms with van der Waals surface area (Å²) in [5.41, 5.74) is 10.1. The first-order valence-electron chi connectivity index (χ1n) is 6.45. The number of rotatable bonds is 4. The predicted octanol–water partition coefficient (Wildman–Crippen LogP) is 3.74. The fourth-order valence-corrected chi connectivity index (χ4v) is 2.11. The first-order valence-corrected chi connectivity index (χ1v) is 6.45. The molecular formula is C16H19FN2. The molecule has 19 heavy (non-hydrogen) atoms. The highest BCUT2D eigenvalue weighted by Gasteiger charge is 2.08. The Morgan fingerprint density at radius 1 is 1.11 bits per heavy atom. The third-order valence-electron chi connectivity index (χ3n) is 3.23. The van der Waals surface area contributed by atoms with Crippen LogP contribution in [0.25, 0.3) is 0 Å². The summed E-state index contributed by atoms with van der Waals surface area (Å²) >= 11 is 0. The minimum atomic E-state index is -0.213. The Balaban J connectivity index is 2.23. The van der Waals surface area contributed by atoms with Gasteiger partial charge < -0.3 is 10.6 Å². The van der Waals surface area contributed by atoms with Crippen LogP contribution in [-0.4, -0.2) is 6.54 Å². The number of benzene rings is 2. The van der Waals surface area contributed by atoms with Gasteiger partial charge in [-0.05, 0) is 49.7 Å². The molecule has 0 unspecified atom stereocenters. The first-order chi connectivity index (χ1) is 9.10. The molecule has 2 aromatic carbocycles. The van der Waals surface area contributed by atoms with Gasteiger partial charge in [0, 0.05) is 24.5 Å². The predicted molar refractivity (Wildman–Crippen MR) is 78.7 cm³/mol. The van der Waals surface area contributed by atoms with Crippen LogP contribution in [0.4, 0.5) is 15.8 Å². The zero-order chi connectivity index (χ0) is 13.8. The molecule has 0 aliphatic rings. The third-order valence-corrected chi connectivity index (χ3v) is 3.23. The number of hydrogen-bond donors (Lipinski definition) is 1. The number of hydrogen-bond acceptors (Lipinski definition) is 2. The van der Waals surface area contributed by atoms with Crippen LogP contribution >= 0.6 is 0 Å². The molecule has 0 aliphatic heterocycles. The van der Waals surface area contributed by atoms with Gasteiger partial charge in [-0.2, -0.15) is 0 Å². The van der Waals surface area contributed by atoms with Crippen molar-refractivity contribution in [3.63, 3.8) is 0 Å². The van der Waals surface area contributed by atoms with E-state index in [2.05, 4.69) is 24.8 Å². The van der Waals surface area contributed by atoms with Crippen LogP contribution in [0.5, 0.6) is 0 Å². The van der Waals surface area contributed by atoms with E-state index < -0.39 is 0 Å². The topological polar surface area (TPSA) is 29.3 Å². The Labute approximate surface area is 113 Å². The summed E-state index contributed by atoms with van der Waals surface area (Å²) in [7, 11) is 0. The average molecular weight is 258 g/mol. The maximum Gasteiger partial charge on any atom is 0.123 e. The van der Waals surface area contributed by atoms with Crippen molar-refractivity contribution >= 4 is 11.4 Å². The maximum absolute atomic E-state index is 13.0. The lowest BCUT2D eigenvalue weighted by atomic mass is 10.1. The van der Waals surface area contributed by atoms with Gasteiger partial charge in [-0.15, -0.1) is 0 Å². The van der Waals surface area contributed by atoms with Crippen molar-refractivity contribution in [2.75, 3.05) is 17.2 Å². The third kappa shape index (κ3) is 3.25. The van der Waals surface area contributed by atoms with E-state index in [0.29, 0.717) is 0 Å². The Kier molecular flexibility index (Phi) is 4.05. The van der Waals surface area contributed by atoms with Crippen LogP contribution in [-0.2, 0) is 6.54 Å². The van der Waals surface area contributed by atoms with Gasteiger partial charge in [0.05, 0.1) is 0 Å². The summed E-state index contributed by atoms with van der Waals surface area (Å²) in [5.74, 6) is -0.213. The second-order valence-electron chi connectivity index (χ2n) is 4.69. The zero-order valence-electron chi connectivity index (χ0n) is 11.4. The summed E-state index contributed by atoms with van der Waals surface area (Å²) in [4.78, 5) is 2.17. The molecule has 0 fully saturated rings. The van der Waals surface area contributed by atoms with E-state index in [1.807, 2.05) is 12.1 Å². The van der Waals surface area contributed by atoms with Crippen molar-refractivity contribution in [1.82, 2.24) is 0 Å². The number of anilines is 2. The quantitative estimate of drug-likeness (QED) is 0.846. The molecule has 0 spiro atoms. The van der Waals surface area contributed by atoms with E-state index in [1.54, 1.807) is 12.1 Å². The molecule has 0 amide bonds. The van der Waals surface area contributed by atoms with Crippen LogP contribution in [0, 0.1) is 12.7 Å². The van der Waals surface area contributed by atoms with E-state index in [1.165, 1.54) is 17.7 Å². The highest BCUT2D eigenvalue weighted by atomic mass is 19.1. The van der Waals surface area contributed by atoms with Crippen molar-refractivity contribution in [1.29, 1.82) is 0 Å². The monoisotopic (exact) mass is 258 g/mol. The fourth-order valence-electron chi connectivity index (χ4n) is 2.11. The molecule has 0 bridgehead atoms. The van der Waals surface area contributed by atoms with Crippen LogP contribution in [0.1, 0.15) is 18.1 Å². The van der Waals surface area contributed by atoms with Gasteiger partial charge in [0.2, 0.25) is 0 Å². The van der Waals surface area contributed by atoms with E-state index >= 15 is 0 Å². The molecule has 2 rings (SSSR count). The van der Waals surface area contributed by atoms with Crippen LogP contribution in [0.15, 0.2) is 42.5 Å². The van der Waals surface area contributed by atoms with Crippen LogP contribution < -0.4 is 10.6 Å². The number of halogens is 1. The van der Waals surface area contributed by atoms with Gasteiger partial charge in [-0.3, -0.25) is 0 Å². The largest absolute Gasteiger partial charge is 0.398 e. The Bertz CT molecular complexity index is 549. The molecule has 0 radical (unpaired) electrons. The number of nitrogen functional groups attached to an aromatic ring is 1. The normalized spacial score (nSPS) is 10.5. The minimum absolute atomic E-state index is 0.213. The van der Waals surface area contributed by atoms with Gasteiger partial charge in [-0.25, -0.2) is 4.39 Å². The molecule has 2 N–H and O–H groups in total. The van der Waals surface area contributed by atoms with E-state index in [0.717, 1.165) is 30.0 Å². The van der Waals surface area contributed by atoms with E-state index in [-0.39, 0.29) is 5.82 Å². The lowest BCUT2D eigenvalue weighted by Crippen LogP contribution is -2.22. The molecule has 2 aromatic rings. The van der Waals surface area contributed by atoms with E-state index in [4.69, 9.17) is 5.73 Å². The number of nitrogens with zero attached hydrogens (tertiary/aromatic N) is 1. The van der Waals surface area contributed by atoms with E-state index in [9.17, 15) is 4.39 Å². The first kappa shape index (κ1) is 13.4. The highest BCUT2D eigenvalue weighted by Crippen LogP contribution is 2.21.